The normalized spacial score (nSPS) is 14.7. The fourth-order valence-corrected chi connectivity index (χ4v) is 4.79. The van der Waals surface area contributed by atoms with E-state index < -0.39 is 11.7 Å². The Kier molecular flexibility index (Phi) is 8.73. The van der Waals surface area contributed by atoms with Gasteiger partial charge in [-0.2, -0.15) is 13.2 Å². The highest BCUT2D eigenvalue weighted by atomic mass is 19.4. The van der Waals surface area contributed by atoms with E-state index in [1.165, 1.54) is 12.1 Å². The monoisotopic (exact) mass is 529 g/mol. The second kappa shape index (κ2) is 12.0. The van der Waals surface area contributed by atoms with Gasteiger partial charge in [0.25, 0.3) is 0 Å². The molecule has 1 aromatic heterocycles. The maximum Gasteiger partial charge on any atom is 0.416 e. The summed E-state index contributed by atoms with van der Waals surface area (Å²) < 4.78 is 43.9. The first-order valence-electron chi connectivity index (χ1n) is 12.9. The number of alkyl halides is 3. The van der Waals surface area contributed by atoms with Gasteiger partial charge in [0.05, 0.1) is 17.7 Å². The summed E-state index contributed by atoms with van der Waals surface area (Å²) in [6.45, 7) is 8.09. The van der Waals surface area contributed by atoms with Crippen LogP contribution in [-0.4, -0.2) is 61.7 Å². The molecule has 0 aliphatic carbocycles. The van der Waals surface area contributed by atoms with E-state index in [0.29, 0.717) is 37.6 Å². The number of ether oxygens (including phenoxy) is 1. The first kappa shape index (κ1) is 27.7. The lowest BCUT2D eigenvalue weighted by Gasteiger charge is -2.36. The molecule has 0 unspecified atom stereocenters. The molecule has 3 aromatic rings. The lowest BCUT2D eigenvalue weighted by atomic mass is 10.0. The minimum absolute atomic E-state index is 0.0632. The fourth-order valence-electron chi connectivity index (χ4n) is 4.79. The number of anilines is 3. The molecule has 1 aliphatic rings. The summed E-state index contributed by atoms with van der Waals surface area (Å²) in [5.41, 5.74) is 10.8. The van der Waals surface area contributed by atoms with Crippen LogP contribution in [0.4, 0.5) is 30.2 Å². The van der Waals surface area contributed by atoms with E-state index >= 15 is 0 Å². The number of fused-ring (bicyclic) bond motifs is 1. The number of amides is 1. The number of nitrogens with one attached hydrogen (secondary N) is 1. The van der Waals surface area contributed by atoms with E-state index in [4.69, 9.17) is 15.5 Å². The van der Waals surface area contributed by atoms with Gasteiger partial charge in [-0.25, -0.2) is 0 Å². The van der Waals surface area contributed by atoms with E-state index in [9.17, 15) is 18.0 Å². The molecule has 1 saturated heterocycles. The van der Waals surface area contributed by atoms with Gasteiger partial charge in [-0.3, -0.25) is 14.7 Å². The lowest BCUT2D eigenvalue weighted by Crippen LogP contribution is -2.47. The number of aryl methyl sites for hydroxylation is 1. The van der Waals surface area contributed by atoms with Gasteiger partial charge in [-0.15, -0.1) is 0 Å². The largest absolute Gasteiger partial charge is 0.416 e. The number of hydrogen-bond acceptors (Lipinski definition) is 6. The van der Waals surface area contributed by atoms with Gasteiger partial charge < -0.3 is 20.7 Å². The molecule has 0 saturated carbocycles. The Morgan fingerprint density at radius 2 is 1.76 bits per heavy atom. The molecule has 2 heterocycles. The Morgan fingerprint density at radius 1 is 1.05 bits per heavy atom. The van der Waals surface area contributed by atoms with Crippen LogP contribution in [0.2, 0.25) is 0 Å². The van der Waals surface area contributed by atoms with Crippen LogP contribution in [0.15, 0.2) is 42.5 Å². The molecule has 38 heavy (non-hydrogen) atoms. The number of nitrogen functional groups attached to an aromatic ring is 1. The van der Waals surface area contributed by atoms with Crippen molar-refractivity contribution < 1.29 is 22.7 Å². The van der Waals surface area contributed by atoms with Crippen molar-refractivity contribution in [1.29, 1.82) is 0 Å². The molecule has 0 bridgehead atoms. The van der Waals surface area contributed by atoms with Gasteiger partial charge in [0.15, 0.2) is 0 Å². The third kappa shape index (κ3) is 6.54. The third-order valence-electron chi connectivity index (χ3n) is 6.90. The molecule has 2 aromatic carbocycles. The summed E-state index contributed by atoms with van der Waals surface area (Å²) in [6.07, 6.45) is -2.72. The zero-order valence-electron chi connectivity index (χ0n) is 21.8. The number of carbonyl (C=O) groups excluding carboxylic acids is 1. The van der Waals surface area contributed by atoms with E-state index in [2.05, 4.69) is 29.0 Å². The Balaban J connectivity index is 1.20. The van der Waals surface area contributed by atoms with Crippen LogP contribution in [-0.2, 0) is 28.5 Å². The summed E-state index contributed by atoms with van der Waals surface area (Å²) in [6, 6.07) is 10.8. The van der Waals surface area contributed by atoms with Gasteiger partial charge in [-0.1, -0.05) is 13.8 Å². The molecule has 0 radical (unpaired) electrons. The Bertz CT molecular complexity index is 1260. The zero-order valence-corrected chi connectivity index (χ0v) is 21.8. The zero-order chi connectivity index (χ0) is 27.3. The van der Waals surface area contributed by atoms with Gasteiger partial charge in [0.1, 0.15) is 6.61 Å². The average Bonchev–Trinajstić information content (AvgIpc) is 2.91. The molecule has 3 N–H and O–H groups in total. The predicted octanol–water partition coefficient (Wildman–Crippen LogP) is 4.74. The SMILES string of the molecule is CCc1nc2ccc(NC(=O)COCCN3CCN(c4ccc(C(F)(F)F)cc4)CC3)cc2c(N)c1CC. The number of hydrogen-bond donors (Lipinski definition) is 2. The highest BCUT2D eigenvalue weighted by molar-refractivity contribution is 5.98. The van der Waals surface area contributed by atoms with Crippen LogP contribution >= 0.6 is 0 Å². The number of halogens is 3. The molecular formula is C28H34F3N5O2. The Morgan fingerprint density at radius 3 is 2.39 bits per heavy atom. The number of rotatable bonds is 9. The van der Waals surface area contributed by atoms with Crippen LogP contribution in [0.1, 0.15) is 30.7 Å². The van der Waals surface area contributed by atoms with E-state index in [-0.39, 0.29) is 12.5 Å². The van der Waals surface area contributed by atoms with Crippen LogP contribution in [0.25, 0.3) is 10.9 Å². The van der Waals surface area contributed by atoms with E-state index in [1.54, 1.807) is 0 Å². The van der Waals surface area contributed by atoms with Gasteiger partial charge in [-0.05, 0) is 60.9 Å². The smallest absolute Gasteiger partial charge is 0.398 e. The Labute approximate surface area is 220 Å². The molecular weight excluding hydrogens is 495 g/mol. The lowest BCUT2D eigenvalue weighted by molar-refractivity contribution is -0.137. The third-order valence-corrected chi connectivity index (χ3v) is 6.90. The molecule has 7 nitrogen and oxygen atoms in total. The number of pyridine rings is 1. The van der Waals surface area contributed by atoms with Crippen molar-refractivity contribution in [3.63, 3.8) is 0 Å². The highest BCUT2D eigenvalue weighted by Crippen LogP contribution is 2.31. The first-order valence-corrected chi connectivity index (χ1v) is 12.9. The molecule has 0 atom stereocenters. The van der Waals surface area contributed by atoms with Gasteiger partial charge in [0.2, 0.25) is 5.91 Å². The average molecular weight is 530 g/mol. The fraction of sp³-hybridized carbons (Fsp3) is 0.429. The van der Waals surface area contributed by atoms with Crippen molar-refractivity contribution >= 4 is 33.9 Å². The predicted molar refractivity (Wildman–Crippen MR) is 144 cm³/mol. The van der Waals surface area contributed by atoms with Crippen molar-refractivity contribution in [2.24, 2.45) is 0 Å². The summed E-state index contributed by atoms with van der Waals surface area (Å²) in [5, 5.41) is 3.69. The van der Waals surface area contributed by atoms with Crippen molar-refractivity contribution in [2.75, 3.05) is 61.9 Å². The number of carbonyl (C=O) groups is 1. The number of benzene rings is 2. The van der Waals surface area contributed by atoms with Crippen LogP contribution in [0, 0.1) is 0 Å². The van der Waals surface area contributed by atoms with Crippen LogP contribution in [0.3, 0.4) is 0 Å². The van der Waals surface area contributed by atoms with Crippen molar-refractivity contribution in [3.8, 4) is 0 Å². The number of piperazine rings is 1. The van der Waals surface area contributed by atoms with Crippen molar-refractivity contribution in [2.45, 2.75) is 32.9 Å². The van der Waals surface area contributed by atoms with Crippen LogP contribution in [0.5, 0.6) is 0 Å². The topological polar surface area (TPSA) is 83.7 Å². The van der Waals surface area contributed by atoms with Gasteiger partial charge in [0, 0.05) is 60.9 Å². The molecule has 1 aliphatic heterocycles. The molecule has 1 fully saturated rings. The number of nitrogens with zero attached hydrogens (tertiary/aromatic N) is 3. The van der Waals surface area contributed by atoms with Crippen molar-refractivity contribution in [1.82, 2.24) is 9.88 Å². The second-order valence-corrected chi connectivity index (χ2v) is 9.36. The maximum absolute atomic E-state index is 12.8. The summed E-state index contributed by atoms with van der Waals surface area (Å²) >= 11 is 0. The maximum atomic E-state index is 12.8. The molecule has 10 heteroatoms. The van der Waals surface area contributed by atoms with Crippen molar-refractivity contribution in [3.05, 3.63) is 59.3 Å². The standard InChI is InChI=1S/C28H34F3N5O2/c1-3-22-24(4-2)34-25-10-7-20(17-23(25)27(22)32)33-26(37)18-38-16-15-35-11-13-36(14-12-35)21-8-5-19(6-9-21)28(29,30)31/h5-10,17H,3-4,11-16,18H2,1-2H3,(H2,32,34)(H,33,37). The molecule has 204 valence electrons. The molecule has 1 amide bonds. The summed E-state index contributed by atoms with van der Waals surface area (Å²) in [7, 11) is 0. The van der Waals surface area contributed by atoms with Crippen LogP contribution < -0.4 is 16.0 Å². The van der Waals surface area contributed by atoms with E-state index in [0.717, 1.165) is 65.9 Å². The summed E-state index contributed by atoms with van der Waals surface area (Å²) in [5.74, 6) is -0.246. The quantitative estimate of drug-likeness (QED) is 0.390. The minimum atomic E-state index is -4.33. The van der Waals surface area contributed by atoms with E-state index in [1.807, 2.05) is 18.2 Å². The Hall–Kier alpha value is -3.37. The number of nitrogens with two attached hydrogens (primary N) is 1. The molecule has 0 spiro atoms. The highest BCUT2D eigenvalue weighted by Gasteiger charge is 2.30. The summed E-state index contributed by atoms with van der Waals surface area (Å²) in [4.78, 5) is 21.4. The number of aromatic nitrogens is 1. The van der Waals surface area contributed by atoms with Gasteiger partial charge >= 0.3 is 6.18 Å². The molecule has 4 rings (SSSR count). The first-order chi connectivity index (χ1) is 18.2. The second-order valence-electron chi connectivity index (χ2n) is 9.36. The minimum Gasteiger partial charge on any atom is -0.398 e.